The highest BCUT2D eigenvalue weighted by atomic mass is 16.5. The van der Waals surface area contributed by atoms with Crippen LogP contribution in [0.25, 0.3) is 5.57 Å². The molecule has 0 spiro atoms. The maximum atomic E-state index is 11.7. The van der Waals surface area contributed by atoms with E-state index in [0.29, 0.717) is 17.9 Å². The first kappa shape index (κ1) is 11.5. The van der Waals surface area contributed by atoms with Gasteiger partial charge in [-0.05, 0) is 19.4 Å². The third-order valence-corrected chi connectivity index (χ3v) is 2.42. The van der Waals surface area contributed by atoms with E-state index in [-0.39, 0.29) is 5.97 Å². The van der Waals surface area contributed by atoms with E-state index >= 15 is 0 Å². The molecule has 0 saturated heterocycles. The molecule has 0 bridgehead atoms. The van der Waals surface area contributed by atoms with Crippen LogP contribution < -0.4 is 0 Å². The minimum absolute atomic E-state index is 0.345. The molecule has 17 heavy (non-hydrogen) atoms. The Kier molecular flexibility index (Phi) is 3.60. The van der Waals surface area contributed by atoms with Crippen molar-refractivity contribution in [2.75, 3.05) is 6.61 Å². The van der Waals surface area contributed by atoms with E-state index in [1.54, 1.807) is 13.0 Å². The van der Waals surface area contributed by atoms with Crippen LogP contribution >= 0.6 is 0 Å². The average Bonchev–Trinajstić information content (AvgIpc) is 2.65. The zero-order valence-electron chi connectivity index (χ0n) is 9.68. The van der Waals surface area contributed by atoms with Gasteiger partial charge in [-0.1, -0.05) is 30.4 Å². The van der Waals surface area contributed by atoms with Gasteiger partial charge in [-0.25, -0.2) is 4.79 Å². The zero-order valence-corrected chi connectivity index (χ0v) is 9.68. The Morgan fingerprint density at radius 2 is 2.35 bits per heavy atom. The Labute approximate surface area is 100 Å². The highest BCUT2D eigenvalue weighted by molar-refractivity contribution is 5.95. The lowest BCUT2D eigenvalue weighted by atomic mass is 10.1. The van der Waals surface area contributed by atoms with E-state index in [2.05, 4.69) is 0 Å². The highest BCUT2D eigenvalue weighted by Crippen LogP contribution is 2.24. The van der Waals surface area contributed by atoms with Crippen molar-refractivity contribution < 1.29 is 13.9 Å². The Morgan fingerprint density at radius 1 is 1.47 bits per heavy atom. The number of allylic oxidation sites excluding steroid dienone is 6. The summed E-state index contributed by atoms with van der Waals surface area (Å²) in [7, 11) is 0. The predicted octanol–water partition coefficient (Wildman–Crippen LogP) is 3.36. The Bertz CT molecular complexity index is 489. The molecule has 0 unspecified atom stereocenters. The summed E-state index contributed by atoms with van der Waals surface area (Å²) >= 11 is 0. The van der Waals surface area contributed by atoms with Gasteiger partial charge in [0.1, 0.15) is 11.3 Å². The van der Waals surface area contributed by atoms with Crippen molar-refractivity contribution in [1.82, 2.24) is 0 Å². The van der Waals surface area contributed by atoms with Gasteiger partial charge in [0.05, 0.1) is 12.9 Å². The van der Waals surface area contributed by atoms with Gasteiger partial charge in [0, 0.05) is 5.57 Å². The van der Waals surface area contributed by atoms with Gasteiger partial charge in [0.25, 0.3) is 0 Å². The average molecular weight is 230 g/mol. The van der Waals surface area contributed by atoms with E-state index in [1.807, 2.05) is 30.4 Å². The SMILES string of the molecule is CCOC(=O)c1ccoc1C1=CCC=CC=C1. The lowest BCUT2D eigenvalue weighted by molar-refractivity contribution is 0.0525. The molecule has 1 aromatic rings. The lowest BCUT2D eigenvalue weighted by Crippen LogP contribution is -2.05. The van der Waals surface area contributed by atoms with Crippen molar-refractivity contribution in [3.63, 3.8) is 0 Å². The normalized spacial score (nSPS) is 14.3. The molecule has 0 aliphatic heterocycles. The summed E-state index contributed by atoms with van der Waals surface area (Å²) in [6.45, 7) is 2.15. The number of ether oxygens (including phenoxy) is 1. The topological polar surface area (TPSA) is 39.4 Å². The Hall–Kier alpha value is -2.03. The molecule has 0 saturated carbocycles. The molecule has 2 rings (SSSR count). The standard InChI is InChI=1S/C14H14O3/c1-2-16-14(15)12-9-10-17-13(12)11-7-5-3-4-6-8-11/h3-5,7-10H,2,6H2,1H3. The second-order valence-corrected chi connectivity index (χ2v) is 3.57. The van der Waals surface area contributed by atoms with Gasteiger partial charge >= 0.3 is 5.97 Å². The van der Waals surface area contributed by atoms with E-state index < -0.39 is 0 Å². The van der Waals surface area contributed by atoms with Gasteiger partial charge < -0.3 is 9.15 Å². The molecule has 0 amide bonds. The number of rotatable bonds is 3. The molecule has 0 N–H and O–H groups in total. The van der Waals surface area contributed by atoms with Gasteiger partial charge in [0.2, 0.25) is 0 Å². The fraction of sp³-hybridized carbons (Fsp3) is 0.214. The van der Waals surface area contributed by atoms with E-state index in [1.165, 1.54) is 6.26 Å². The Morgan fingerprint density at radius 3 is 3.18 bits per heavy atom. The Balaban J connectivity index is 2.30. The van der Waals surface area contributed by atoms with Crippen LogP contribution in [0.3, 0.4) is 0 Å². The second-order valence-electron chi connectivity index (χ2n) is 3.57. The smallest absolute Gasteiger partial charge is 0.342 e. The summed E-state index contributed by atoms with van der Waals surface area (Å²) in [6.07, 6.45) is 12.2. The minimum Gasteiger partial charge on any atom is -0.463 e. The molecule has 1 aliphatic carbocycles. The number of carbonyl (C=O) groups is 1. The van der Waals surface area contributed by atoms with Crippen molar-refractivity contribution in [1.29, 1.82) is 0 Å². The van der Waals surface area contributed by atoms with Crippen LogP contribution in [0.2, 0.25) is 0 Å². The molecule has 3 nitrogen and oxygen atoms in total. The van der Waals surface area contributed by atoms with Crippen LogP contribution in [0.15, 0.2) is 47.1 Å². The van der Waals surface area contributed by atoms with Crippen molar-refractivity contribution in [3.05, 3.63) is 54.0 Å². The predicted molar refractivity (Wildman–Crippen MR) is 65.5 cm³/mol. The largest absolute Gasteiger partial charge is 0.463 e. The number of esters is 1. The van der Waals surface area contributed by atoms with Crippen LogP contribution in [0, 0.1) is 0 Å². The molecular formula is C14H14O3. The first-order valence-electron chi connectivity index (χ1n) is 5.61. The third kappa shape index (κ3) is 2.56. The first-order valence-corrected chi connectivity index (χ1v) is 5.61. The third-order valence-electron chi connectivity index (χ3n) is 2.42. The second kappa shape index (κ2) is 5.34. The number of carbonyl (C=O) groups excluding carboxylic acids is 1. The molecular weight excluding hydrogens is 216 g/mol. The molecule has 0 fully saturated rings. The number of hydrogen-bond acceptors (Lipinski definition) is 3. The van der Waals surface area contributed by atoms with E-state index in [4.69, 9.17) is 9.15 Å². The van der Waals surface area contributed by atoms with Gasteiger partial charge in [-0.15, -0.1) is 0 Å². The molecule has 88 valence electrons. The summed E-state index contributed by atoms with van der Waals surface area (Å²) < 4.78 is 10.4. The molecule has 0 aromatic carbocycles. The van der Waals surface area contributed by atoms with Crippen LogP contribution in [0.5, 0.6) is 0 Å². The van der Waals surface area contributed by atoms with Crippen molar-refractivity contribution in [2.24, 2.45) is 0 Å². The molecule has 1 aliphatic rings. The van der Waals surface area contributed by atoms with Gasteiger partial charge in [-0.2, -0.15) is 0 Å². The molecule has 1 aromatic heterocycles. The number of furan rings is 1. The number of hydrogen-bond donors (Lipinski definition) is 0. The van der Waals surface area contributed by atoms with Crippen LogP contribution in [-0.4, -0.2) is 12.6 Å². The minimum atomic E-state index is -0.345. The molecule has 3 heteroatoms. The van der Waals surface area contributed by atoms with E-state index in [9.17, 15) is 4.79 Å². The summed E-state index contributed by atoms with van der Waals surface area (Å²) in [5, 5.41) is 0. The quantitative estimate of drug-likeness (QED) is 0.747. The lowest BCUT2D eigenvalue weighted by Gasteiger charge is -2.03. The summed E-state index contributed by atoms with van der Waals surface area (Å²) in [5.41, 5.74) is 1.38. The summed E-state index contributed by atoms with van der Waals surface area (Å²) in [5.74, 6) is 0.228. The van der Waals surface area contributed by atoms with Crippen molar-refractivity contribution >= 4 is 11.5 Å². The van der Waals surface area contributed by atoms with Gasteiger partial charge in [-0.3, -0.25) is 0 Å². The van der Waals surface area contributed by atoms with Crippen molar-refractivity contribution in [3.8, 4) is 0 Å². The van der Waals surface area contributed by atoms with Crippen LogP contribution in [0.4, 0.5) is 0 Å². The van der Waals surface area contributed by atoms with E-state index in [0.717, 1.165) is 12.0 Å². The van der Waals surface area contributed by atoms with Gasteiger partial charge in [0.15, 0.2) is 0 Å². The summed E-state index contributed by atoms with van der Waals surface area (Å²) in [4.78, 5) is 11.7. The maximum Gasteiger partial charge on any atom is 0.342 e. The van der Waals surface area contributed by atoms with Crippen molar-refractivity contribution in [2.45, 2.75) is 13.3 Å². The fourth-order valence-electron chi connectivity index (χ4n) is 1.65. The van der Waals surface area contributed by atoms with Crippen LogP contribution in [0.1, 0.15) is 29.5 Å². The maximum absolute atomic E-state index is 11.7. The molecule has 0 radical (unpaired) electrons. The van der Waals surface area contributed by atoms with Crippen LogP contribution in [-0.2, 0) is 4.74 Å². The fourth-order valence-corrected chi connectivity index (χ4v) is 1.65. The molecule has 1 heterocycles. The molecule has 0 atom stereocenters. The first-order chi connectivity index (χ1) is 8.33. The monoisotopic (exact) mass is 230 g/mol. The summed E-state index contributed by atoms with van der Waals surface area (Å²) in [6, 6.07) is 1.64. The highest BCUT2D eigenvalue weighted by Gasteiger charge is 2.17. The zero-order chi connectivity index (χ0) is 12.1.